The van der Waals surface area contributed by atoms with Crippen LogP contribution in [0.2, 0.25) is 0 Å². The largest absolute Gasteiger partial charge is 0.376 e. The second kappa shape index (κ2) is 7.11. The van der Waals surface area contributed by atoms with Gasteiger partial charge in [0.2, 0.25) is 0 Å². The monoisotopic (exact) mass is 270 g/mol. The minimum Gasteiger partial charge on any atom is -0.376 e. The number of hydrogen-bond acceptors (Lipinski definition) is 5. The lowest BCUT2D eigenvalue weighted by Gasteiger charge is -2.14. The minimum atomic E-state index is 0.110. The Labute approximate surface area is 112 Å². The van der Waals surface area contributed by atoms with Crippen LogP contribution in [0.1, 0.15) is 32.0 Å². The normalized spacial score (nSPS) is 17.2. The average molecular weight is 270 g/mol. The molecule has 2 heterocycles. The van der Waals surface area contributed by atoms with Crippen LogP contribution in [-0.4, -0.2) is 39.8 Å². The van der Waals surface area contributed by atoms with E-state index in [1.807, 2.05) is 6.92 Å². The Morgan fingerprint density at radius 2 is 2.28 bits per heavy atom. The van der Waals surface area contributed by atoms with Crippen molar-refractivity contribution in [2.24, 2.45) is 5.73 Å². The number of ether oxygens (including phenoxy) is 1. The molecule has 0 radical (unpaired) electrons. The van der Waals surface area contributed by atoms with E-state index in [-0.39, 0.29) is 6.10 Å². The van der Waals surface area contributed by atoms with E-state index in [0.717, 1.165) is 29.7 Å². The SMILES string of the molecule is CCOC(CN)CSc1nnc2n1CCCCC2. The van der Waals surface area contributed by atoms with Crippen LogP contribution in [-0.2, 0) is 17.7 Å². The third kappa shape index (κ3) is 3.46. The van der Waals surface area contributed by atoms with E-state index in [2.05, 4.69) is 14.8 Å². The number of rotatable bonds is 6. The van der Waals surface area contributed by atoms with Gasteiger partial charge in [-0.2, -0.15) is 0 Å². The average Bonchev–Trinajstić information content (AvgIpc) is 2.62. The summed E-state index contributed by atoms with van der Waals surface area (Å²) in [5.74, 6) is 1.98. The van der Waals surface area contributed by atoms with E-state index in [4.69, 9.17) is 10.5 Å². The van der Waals surface area contributed by atoms with Crippen LogP contribution in [0.4, 0.5) is 0 Å². The molecule has 1 aliphatic rings. The molecule has 2 N–H and O–H groups in total. The fourth-order valence-corrected chi connectivity index (χ4v) is 3.17. The number of aryl methyl sites for hydroxylation is 1. The quantitative estimate of drug-likeness (QED) is 0.793. The van der Waals surface area contributed by atoms with Gasteiger partial charge in [0.25, 0.3) is 0 Å². The van der Waals surface area contributed by atoms with Crippen molar-refractivity contribution < 1.29 is 4.74 Å². The van der Waals surface area contributed by atoms with Gasteiger partial charge < -0.3 is 15.0 Å². The Kier molecular flexibility index (Phi) is 5.46. The highest BCUT2D eigenvalue weighted by Crippen LogP contribution is 2.22. The fraction of sp³-hybridized carbons (Fsp3) is 0.833. The first-order chi connectivity index (χ1) is 8.85. The van der Waals surface area contributed by atoms with Gasteiger partial charge in [-0.3, -0.25) is 0 Å². The van der Waals surface area contributed by atoms with Crippen molar-refractivity contribution >= 4 is 11.8 Å². The van der Waals surface area contributed by atoms with Crippen LogP contribution in [0.25, 0.3) is 0 Å². The van der Waals surface area contributed by atoms with Crippen LogP contribution < -0.4 is 5.73 Å². The molecule has 0 saturated carbocycles. The molecule has 1 atom stereocenters. The molecule has 5 nitrogen and oxygen atoms in total. The summed E-state index contributed by atoms with van der Waals surface area (Å²) in [6.07, 6.45) is 4.91. The summed E-state index contributed by atoms with van der Waals surface area (Å²) in [4.78, 5) is 0. The zero-order valence-corrected chi connectivity index (χ0v) is 11.8. The van der Waals surface area contributed by atoms with E-state index in [0.29, 0.717) is 13.2 Å². The number of aromatic nitrogens is 3. The lowest BCUT2D eigenvalue weighted by molar-refractivity contribution is 0.0858. The molecule has 0 aromatic carbocycles. The lowest BCUT2D eigenvalue weighted by Crippen LogP contribution is -2.26. The Morgan fingerprint density at radius 3 is 3.06 bits per heavy atom. The predicted octanol–water partition coefficient (Wildman–Crippen LogP) is 1.46. The van der Waals surface area contributed by atoms with Crippen LogP contribution in [0.15, 0.2) is 5.16 Å². The summed E-state index contributed by atoms with van der Waals surface area (Å²) < 4.78 is 7.82. The molecule has 0 fully saturated rings. The van der Waals surface area contributed by atoms with Gasteiger partial charge in [0.05, 0.1) is 6.10 Å². The van der Waals surface area contributed by atoms with E-state index in [1.54, 1.807) is 11.8 Å². The van der Waals surface area contributed by atoms with Crippen molar-refractivity contribution in [3.05, 3.63) is 5.82 Å². The van der Waals surface area contributed by atoms with Gasteiger partial charge in [0.15, 0.2) is 5.16 Å². The molecular formula is C12H22N4OS. The Hall–Kier alpha value is -0.590. The smallest absolute Gasteiger partial charge is 0.191 e. The predicted molar refractivity (Wildman–Crippen MR) is 72.8 cm³/mol. The topological polar surface area (TPSA) is 66.0 Å². The molecule has 0 amide bonds. The third-order valence-electron chi connectivity index (χ3n) is 3.14. The molecule has 0 bridgehead atoms. The number of nitrogens with two attached hydrogens (primary N) is 1. The molecule has 1 aliphatic heterocycles. The molecule has 18 heavy (non-hydrogen) atoms. The van der Waals surface area contributed by atoms with Gasteiger partial charge in [0, 0.05) is 31.9 Å². The standard InChI is InChI=1S/C12H22N4OS/c1-2-17-10(8-13)9-18-12-15-14-11-6-4-3-5-7-16(11)12/h10H,2-9,13H2,1H3. The van der Waals surface area contributed by atoms with Gasteiger partial charge in [0.1, 0.15) is 5.82 Å². The molecule has 102 valence electrons. The first kappa shape index (κ1) is 13.8. The van der Waals surface area contributed by atoms with Gasteiger partial charge in [-0.1, -0.05) is 18.2 Å². The van der Waals surface area contributed by atoms with Crippen LogP contribution in [0.3, 0.4) is 0 Å². The highest BCUT2D eigenvalue weighted by atomic mass is 32.2. The first-order valence-corrected chi connectivity index (χ1v) is 7.70. The van der Waals surface area contributed by atoms with Gasteiger partial charge in [-0.05, 0) is 19.8 Å². The van der Waals surface area contributed by atoms with E-state index in [9.17, 15) is 0 Å². The molecule has 1 aromatic heterocycles. The Balaban J connectivity index is 1.95. The highest BCUT2D eigenvalue weighted by Gasteiger charge is 2.16. The lowest BCUT2D eigenvalue weighted by atomic mass is 10.2. The zero-order valence-electron chi connectivity index (χ0n) is 11.0. The van der Waals surface area contributed by atoms with E-state index < -0.39 is 0 Å². The Morgan fingerprint density at radius 1 is 1.39 bits per heavy atom. The summed E-state index contributed by atoms with van der Waals surface area (Å²) in [7, 11) is 0. The third-order valence-corrected chi connectivity index (χ3v) is 4.24. The highest BCUT2D eigenvalue weighted by molar-refractivity contribution is 7.99. The molecular weight excluding hydrogens is 248 g/mol. The second-order valence-electron chi connectivity index (χ2n) is 4.49. The maximum Gasteiger partial charge on any atom is 0.191 e. The van der Waals surface area contributed by atoms with Crippen molar-refractivity contribution in [3.63, 3.8) is 0 Å². The molecule has 0 aliphatic carbocycles. The number of thioether (sulfide) groups is 1. The Bertz CT molecular complexity index is 369. The number of hydrogen-bond donors (Lipinski definition) is 1. The first-order valence-electron chi connectivity index (χ1n) is 6.71. The molecule has 0 spiro atoms. The molecule has 1 aromatic rings. The van der Waals surface area contributed by atoms with Gasteiger partial charge in [-0.25, -0.2) is 0 Å². The van der Waals surface area contributed by atoms with Crippen molar-refractivity contribution in [1.82, 2.24) is 14.8 Å². The molecule has 0 saturated heterocycles. The maximum absolute atomic E-state index is 5.68. The van der Waals surface area contributed by atoms with Crippen molar-refractivity contribution in [1.29, 1.82) is 0 Å². The van der Waals surface area contributed by atoms with Crippen molar-refractivity contribution in [2.45, 2.75) is 50.4 Å². The molecule has 1 unspecified atom stereocenters. The summed E-state index contributed by atoms with van der Waals surface area (Å²) in [5, 5.41) is 9.59. The van der Waals surface area contributed by atoms with Gasteiger partial charge >= 0.3 is 0 Å². The minimum absolute atomic E-state index is 0.110. The summed E-state index contributed by atoms with van der Waals surface area (Å²) >= 11 is 1.71. The van der Waals surface area contributed by atoms with Crippen molar-refractivity contribution in [3.8, 4) is 0 Å². The maximum atomic E-state index is 5.68. The molecule has 2 rings (SSSR count). The summed E-state index contributed by atoms with van der Waals surface area (Å²) in [5.41, 5.74) is 5.68. The molecule has 6 heteroatoms. The van der Waals surface area contributed by atoms with Crippen molar-refractivity contribution in [2.75, 3.05) is 18.9 Å². The van der Waals surface area contributed by atoms with Crippen LogP contribution in [0, 0.1) is 0 Å². The van der Waals surface area contributed by atoms with Gasteiger partial charge in [-0.15, -0.1) is 10.2 Å². The number of nitrogens with zero attached hydrogens (tertiary/aromatic N) is 3. The van der Waals surface area contributed by atoms with Crippen LogP contribution >= 0.6 is 11.8 Å². The van der Waals surface area contributed by atoms with E-state index in [1.165, 1.54) is 19.3 Å². The zero-order chi connectivity index (χ0) is 12.8. The number of fused-ring (bicyclic) bond motifs is 1. The van der Waals surface area contributed by atoms with E-state index >= 15 is 0 Å². The second-order valence-corrected chi connectivity index (χ2v) is 5.47. The fourth-order valence-electron chi connectivity index (χ4n) is 2.15. The van der Waals surface area contributed by atoms with Crippen LogP contribution in [0.5, 0.6) is 0 Å². The summed E-state index contributed by atoms with van der Waals surface area (Å²) in [6.45, 7) is 4.31. The summed E-state index contributed by atoms with van der Waals surface area (Å²) in [6, 6.07) is 0.